The second-order valence-corrected chi connectivity index (χ2v) is 25.0. The first kappa shape index (κ1) is 61.7. The Bertz CT molecular complexity index is 3790. The molecule has 5 N–H and O–H groups in total. The molecule has 0 spiro atoms. The first-order chi connectivity index (χ1) is 38.4. The highest BCUT2D eigenvalue weighted by Crippen LogP contribution is 2.30. The minimum atomic E-state index is -0.619. The number of alkyl carbamates (subject to hydrolysis) is 1. The predicted octanol–water partition coefficient (Wildman–Crippen LogP) is 11.3. The van der Waals surface area contributed by atoms with Crippen LogP contribution in [-0.2, 0) is 25.9 Å². The number of nitrogens with one attached hydrogen (secondary N) is 1. The monoisotopic (exact) mass is 1120 g/mol. The number of amides is 1. The molecule has 0 saturated heterocycles. The lowest BCUT2D eigenvalue weighted by Gasteiger charge is -2.33. The third-order valence-corrected chi connectivity index (χ3v) is 14.0. The lowest BCUT2D eigenvalue weighted by molar-refractivity contribution is 0.0408. The molecule has 0 radical (unpaired) electrons. The molecule has 17 heteroatoms. The average Bonchev–Trinajstić information content (AvgIpc) is 3.57. The number of carbonyl (C=O) groups excluding carboxylic acids is 1. The minimum Gasteiger partial charge on any atom is -0.492 e. The largest absolute Gasteiger partial charge is 0.492 e. The maximum Gasteiger partial charge on any atom is 0.408 e. The highest BCUT2D eigenvalue weighted by Gasteiger charge is 2.31. The van der Waals surface area contributed by atoms with E-state index in [9.17, 15) is 19.2 Å². The number of nitrogens with zero attached hydrogens (tertiary/aromatic N) is 6. The fourth-order valence-electron chi connectivity index (χ4n) is 10.9. The SMILES string of the molecule is CC(C)CC(C)(COc1ccc2c3ccncc3c(=O)n(C)c2c1)NC(=O)OC(C)(C)C.CC(C)C[C@@](C)(N)COc1ccc2c3ccncc3c(=O)n(C)c2c1.CC(C)C[C@](C)(N)COc1ccc2c3ccncc3c(=O)n(C)c2c1. The Labute approximate surface area is 480 Å². The number of hydrogen-bond acceptors (Lipinski definition) is 13. The van der Waals surface area contributed by atoms with Crippen molar-refractivity contribution in [3.05, 3.63) is 141 Å². The van der Waals surface area contributed by atoms with E-state index in [0.717, 1.165) is 79.6 Å². The van der Waals surface area contributed by atoms with Gasteiger partial charge in [-0.2, -0.15) is 0 Å². The highest BCUT2D eigenvalue weighted by molar-refractivity contribution is 6.07. The number of benzene rings is 3. The maximum atomic E-state index is 12.7. The molecule has 0 aliphatic carbocycles. The molecule has 82 heavy (non-hydrogen) atoms. The van der Waals surface area contributed by atoms with Crippen LogP contribution in [0.25, 0.3) is 65.0 Å². The zero-order chi connectivity index (χ0) is 60.1. The van der Waals surface area contributed by atoms with Gasteiger partial charge in [0.1, 0.15) is 42.7 Å². The molecular weight excluding hydrogens is 1030 g/mol. The van der Waals surface area contributed by atoms with Gasteiger partial charge < -0.3 is 49.4 Å². The number of aromatic nitrogens is 6. The summed E-state index contributed by atoms with van der Waals surface area (Å²) >= 11 is 0. The molecule has 6 heterocycles. The average molecular weight is 1120 g/mol. The topological polar surface area (TPSA) is 223 Å². The Morgan fingerprint density at radius 1 is 0.476 bits per heavy atom. The molecule has 0 bridgehead atoms. The quantitative estimate of drug-likeness (QED) is 0.0767. The summed E-state index contributed by atoms with van der Waals surface area (Å²) in [5.74, 6) is 3.43. The minimum absolute atomic E-state index is 0.0591. The number of rotatable bonds is 16. The molecule has 1 amide bonds. The van der Waals surface area contributed by atoms with E-state index in [-0.39, 0.29) is 34.4 Å². The Kier molecular flexibility index (Phi) is 18.9. The Morgan fingerprint density at radius 2 is 0.793 bits per heavy atom. The van der Waals surface area contributed by atoms with E-state index >= 15 is 0 Å². The van der Waals surface area contributed by atoms with Crippen molar-refractivity contribution in [3.8, 4) is 17.2 Å². The molecule has 9 aromatic rings. The van der Waals surface area contributed by atoms with Crippen LogP contribution in [0.15, 0.2) is 124 Å². The summed E-state index contributed by atoms with van der Waals surface area (Å²) < 4.78 is 28.3. The lowest BCUT2D eigenvalue weighted by atomic mass is 9.91. The van der Waals surface area contributed by atoms with Crippen molar-refractivity contribution in [2.24, 2.45) is 50.4 Å². The van der Waals surface area contributed by atoms with Crippen LogP contribution in [0.2, 0.25) is 0 Å². The van der Waals surface area contributed by atoms with E-state index in [2.05, 4.69) is 61.8 Å². The summed E-state index contributed by atoms with van der Waals surface area (Å²) in [4.78, 5) is 62.5. The van der Waals surface area contributed by atoms with Gasteiger partial charge in [0, 0.05) is 104 Å². The molecule has 0 aliphatic rings. The third kappa shape index (κ3) is 15.2. The number of fused-ring (bicyclic) bond motifs is 9. The summed E-state index contributed by atoms with van der Waals surface area (Å²) in [5.41, 5.74) is 12.9. The van der Waals surface area contributed by atoms with E-state index in [0.29, 0.717) is 52.9 Å². The van der Waals surface area contributed by atoms with Gasteiger partial charge >= 0.3 is 6.09 Å². The normalized spacial score (nSPS) is 14.0. The Morgan fingerprint density at radius 3 is 1.10 bits per heavy atom. The van der Waals surface area contributed by atoms with Crippen molar-refractivity contribution in [1.82, 2.24) is 34.0 Å². The van der Waals surface area contributed by atoms with Crippen LogP contribution in [0, 0.1) is 17.8 Å². The maximum absolute atomic E-state index is 12.7. The molecule has 436 valence electrons. The van der Waals surface area contributed by atoms with Crippen LogP contribution in [0.3, 0.4) is 0 Å². The second kappa shape index (κ2) is 25.1. The molecule has 3 atom stereocenters. The number of hydrogen-bond donors (Lipinski definition) is 3. The van der Waals surface area contributed by atoms with Gasteiger partial charge in [-0.15, -0.1) is 0 Å². The van der Waals surface area contributed by atoms with Gasteiger partial charge in [0.2, 0.25) is 0 Å². The zero-order valence-corrected chi connectivity index (χ0v) is 50.5. The van der Waals surface area contributed by atoms with E-state index in [1.165, 1.54) is 0 Å². The van der Waals surface area contributed by atoms with Crippen molar-refractivity contribution in [2.75, 3.05) is 19.8 Å². The fraction of sp³-hybridized carbons (Fsp3) is 0.431. The summed E-state index contributed by atoms with van der Waals surface area (Å²) in [6.07, 6.45) is 12.0. The van der Waals surface area contributed by atoms with Crippen LogP contribution < -0.4 is 47.7 Å². The number of pyridine rings is 6. The lowest BCUT2D eigenvalue weighted by Crippen LogP contribution is -2.52. The summed E-state index contributed by atoms with van der Waals surface area (Å²) in [6.45, 7) is 25.4. The molecule has 17 nitrogen and oxygen atoms in total. The van der Waals surface area contributed by atoms with Crippen LogP contribution >= 0.6 is 0 Å². The molecule has 1 unspecified atom stereocenters. The second-order valence-electron chi connectivity index (χ2n) is 25.0. The van der Waals surface area contributed by atoms with Gasteiger partial charge in [-0.25, -0.2) is 4.79 Å². The number of carbonyl (C=O) groups is 1. The van der Waals surface area contributed by atoms with Gasteiger partial charge in [0.05, 0.1) is 38.2 Å². The van der Waals surface area contributed by atoms with E-state index in [4.69, 9.17) is 30.4 Å². The first-order valence-corrected chi connectivity index (χ1v) is 28.0. The van der Waals surface area contributed by atoms with Crippen molar-refractivity contribution in [3.63, 3.8) is 0 Å². The van der Waals surface area contributed by atoms with Crippen molar-refractivity contribution >= 4 is 71.1 Å². The Balaban J connectivity index is 0.000000179. The summed E-state index contributed by atoms with van der Waals surface area (Å²) in [6, 6.07) is 22.9. The van der Waals surface area contributed by atoms with Gasteiger partial charge in [-0.1, -0.05) is 41.5 Å². The predicted molar refractivity (Wildman–Crippen MR) is 331 cm³/mol. The molecule has 0 aliphatic heterocycles. The van der Waals surface area contributed by atoms with Crippen LogP contribution in [0.4, 0.5) is 4.79 Å². The van der Waals surface area contributed by atoms with E-state index < -0.39 is 17.2 Å². The molecule has 9 rings (SSSR count). The molecule has 3 aromatic carbocycles. The van der Waals surface area contributed by atoms with E-state index in [1.54, 1.807) is 72.0 Å². The smallest absolute Gasteiger partial charge is 0.408 e. The Hall–Kier alpha value is -7.89. The summed E-state index contributed by atoms with van der Waals surface area (Å²) in [7, 11) is 5.28. The fourth-order valence-corrected chi connectivity index (χ4v) is 10.9. The molecule has 6 aromatic heterocycles. The molecule has 0 fully saturated rings. The van der Waals surface area contributed by atoms with Gasteiger partial charge in [0.25, 0.3) is 16.7 Å². The van der Waals surface area contributed by atoms with Crippen LogP contribution in [-0.4, -0.2) is 76.8 Å². The van der Waals surface area contributed by atoms with Crippen molar-refractivity contribution in [2.45, 2.75) is 125 Å². The number of ether oxygens (including phenoxy) is 4. The van der Waals surface area contributed by atoms with Crippen LogP contribution in [0.5, 0.6) is 17.2 Å². The van der Waals surface area contributed by atoms with E-state index in [1.807, 2.05) is 114 Å². The van der Waals surface area contributed by atoms with Crippen LogP contribution in [0.1, 0.15) is 102 Å². The third-order valence-electron chi connectivity index (χ3n) is 14.0. The zero-order valence-electron chi connectivity index (χ0n) is 50.5. The molecular formula is C65H83N9O8. The van der Waals surface area contributed by atoms with Gasteiger partial charge in [0.15, 0.2) is 0 Å². The standard InChI is InChI=1S/C25H33N3O4.2C20H25N3O2/c1-16(2)13-25(6,27-23(30)32-24(3,4)5)15-31-17-8-9-19-18-10-11-26-14-20(18)22(29)28(7)21(19)12-17;2*1-13(2)10-20(3,21)12-25-14-5-6-16-15-7-8-22-11-17(15)19(24)23(4)18(16)9-14/h8-12,14,16H,13,15H2,1-7H3,(H,27,30);2*5-9,11,13H,10,12,21H2,1-4H3/t;2*20-/m.10/s1. The van der Waals surface area contributed by atoms with Crippen molar-refractivity contribution in [1.29, 1.82) is 0 Å². The summed E-state index contributed by atoms with van der Waals surface area (Å²) in [5, 5.41) is 10.5. The van der Waals surface area contributed by atoms with Gasteiger partial charge in [-0.3, -0.25) is 29.3 Å². The number of nitrogens with two attached hydrogens (primary N) is 2. The highest BCUT2D eigenvalue weighted by atomic mass is 16.6. The number of aryl methyl sites for hydroxylation is 3. The first-order valence-electron chi connectivity index (χ1n) is 28.0. The van der Waals surface area contributed by atoms with Gasteiger partial charge in [-0.05, 0) is 149 Å². The van der Waals surface area contributed by atoms with Crippen molar-refractivity contribution < 1.29 is 23.7 Å². The molecule has 0 saturated carbocycles.